The minimum absolute atomic E-state index is 0.127. The lowest BCUT2D eigenvalue weighted by atomic mass is 9.85. The second-order valence-corrected chi connectivity index (χ2v) is 9.99. The number of ketones is 1. The van der Waals surface area contributed by atoms with Crippen molar-refractivity contribution >= 4 is 40.5 Å². The molecule has 7 heteroatoms. The van der Waals surface area contributed by atoms with Gasteiger partial charge in [0.2, 0.25) is 11.8 Å². The van der Waals surface area contributed by atoms with Crippen molar-refractivity contribution in [1.82, 2.24) is 4.90 Å². The monoisotopic (exact) mass is 476 g/mol. The number of benzene rings is 2. The van der Waals surface area contributed by atoms with Crippen molar-refractivity contribution in [3.8, 4) is 0 Å². The summed E-state index contributed by atoms with van der Waals surface area (Å²) >= 11 is 6.05. The summed E-state index contributed by atoms with van der Waals surface area (Å²) in [5.41, 5.74) is 3.44. The van der Waals surface area contributed by atoms with Crippen LogP contribution in [0.2, 0.25) is 5.02 Å². The maximum Gasteiger partial charge on any atom is 0.235 e. The van der Waals surface area contributed by atoms with Gasteiger partial charge in [-0.15, -0.1) is 0 Å². The summed E-state index contributed by atoms with van der Waals surface area (Å²) in [6.45, 7) is 2.93. The summed E-state index contributed by atoms with van der Waals surface area (Å²) in [6, 6.07) is 13.5. The molecule has 4 heterocycles. The maximum absolute atomic E-state index is 13.9. The Morgan fingerprint density at radius 1 is 1.06 bits per heavy atom. The molecule has 4 aliphatic rings. The van der Waals surface area contributed by atoms with Gasteiger partial charge in [-0.2, -0.15) is 0 Å². The van der Waals surface area contributed by atoms with Gasteiger partial charge >= 0.3 is 0 Å². The topological polar surface area (TPSA) is 66.9 Å². The summed E-state index contributed by atoms with van der Waals surface area (Å²) < 4.78 is 5.71. The van der Waals surface area contributed by atoms with E-state index in [0.717, 1.165) is 29.7 Å². The lowest BCUT2D eigenvalue weighted by molar-refractivity contribution is -0.142. The smallest absolute Gasteiger partial charge is 0.235 e. The van der Waals surface area contributed by atoms with Gasteiger partial charge in [0.05, 0.1) is 30.5 Å². The average Bonchev–Trinajstić information content (AvgIpc) is 3.53. The zero-order valence-electron chi connectivity index (χ0n) is 18.8. The molecule has 0 bridgehead atoms. The van der Waals surface area contributed by atoms with Crippen molar-refractivity contribution in [3.63, 3.8) is 0 Å². The zero-order valence-corrected chi connectivity index (χ0v) is 19.6. The average molecular weight is 477 g/mol. The zero-order chi connectivity index (χ0) is 23.6. The number of hydrogen-bond acceptors (Lipinski definition) is 5. The Balaban J connectivity index is 1.45. The molecular formula is C27H25ClN2O4. The number of fused-ring (bicyclic) bond motifs is 5. The number of hydrogen-bond donors (Lipinski definition) is 0. The van der Waals surface area contributed by atoms with Gasteiger partial charge in [-0.25, -0.2) is 0 Å². The van der Waals surface area contributed by atoms with E-state index in [1.807, 2.05) is 36.1 Å². The van der Waals surface area contributed by atoms with Crippen LogP contribution in [0.3, 0.4) is 0 Å². The van der Waals surface area contributed by atoms with Gasteiger partial charge in [-0.05, 0) is 55.7 Å². The normalized spacial score (nSPS) is 29.7. The first kappa shape index (κ1) is 21.6. The Bertz CT molecular complexity index is 1220. The van der Waals surface area contributed by atoms with Crippen LogP contribution in [0.15, 0.2) is 54.6 Å². The number of allylic oxidation sites excluding steroid dienone is 1. The highest BCUT2D eigenvalue weighted by Gasteiger charge is 2.64. The summed E-state index contributed by atoms with van der Waals surface area (Å²) in [6.07, 6.45) is 3.69. The highest BCUT2D eigenvalue weighted by molar-refractivity contribution is 6.30. The second-order valence-electron chi connectivity index (χ2n) is 9.55. The fourth-order valence-corrected chi connectivity index (χ4v) is 6.24. The van der Waals surface area contributed by atoms with Crippen molar-refractivity contribution in [3.05, 3.63) is 70.8 Å². The van der Waals surface area contributed by atoms with E-state index in [-0.39, 0.29) is 36.3 Å². The van der Waals surface area contributed by atoms with Crippen LogP contribution in [0.4, 0.5) is 5.69 Å². The SMILES string of the molecule is CC1=C[C@@H]2[C@H]3C(=O)N(C[C@@H]4CCCO4)C(=O)[C@@H]3[C@@H](C(=O)c3ccc(Cl)cc3)N2c2ccccc21. The number of nitrogens with zero attached hydrogens (tertiary/aromatic N) is 2. The van der Waals surface area contributed by atoms with Gasteiger partial charge < -0.3 is 9.64 Å². The highest BCUT2D eigenvalue weighted by Crippen LogP contribution is 2.50. The van der Waals surface area contributed by atoms with Crippen LogP contribution in [0.25, 0.3) is 5.57 Å². The number of anilines is 1. The molecule has 0 N–H and O–H groups in total. The number of para-hydroxylation sites is 1. The largest absolute Gasteiger partial charge is 0.376 e. The molecule has 5 atom stereocenters. The van der Waals surface area contributed by atoms with Crippen molar-refractivity contribution in [2.45, 2.75) is 38.0 Å². The van der Waals surface area contributed by atoms with E-state index in [9.17, 15) is 14.4 Å². The van der Waals surface area contributed by atoms with E-state index in [1.54, 1.807) is 24.3 Å². The van der Waals surface area contributed by atoms with Crippen LogP contribution in [-0.4, -0.2) is 53.8 Å². The number of Topliss-reactive ketones (excluding diaryl/α,β-unsaturated/α-hetero) is 1. The lowest BCUT2D eigenvalue weighted by Gasteiger charge is -2.38. The van der Waals surface area contributed by atoms with Gasteiger partial charge in [0, 0.05) is 28.4 Å². The fourth-order valence-electron chi connectivity index (χ4n) is 6.12. The molecule has 2 amide bonds. The molecule has 2 aromatic carbocycles. The van der Waals surface area contributed by atoms with Crippen LogP contribution in [0.1, 0.15) is 35.7 Å². The molecule has 34 heavy (non-hydrogen) atoms. The first-order valence-corrected chi connectivity index (χ1v) is 12.2. The third-order valence-corrected chi connectivity index (χ3v) is 7.91. The van der Waals surface area contributed by atoms with Crippen LogP contribution < -0.4 is 4.90 Å². The molecule has 0 spiro atoms. The molecule has 2 aromatic rings. The van der Waals surface area contributed by atoms with E-state index in [0.29, 0.717) is 17.2 Å². The van der Waals surface area contributed by atoms with E-state index in [4.69, 9.17) is 16.3 Å². The number of halogens is 1. The molecule has 6 rings (SSSR count). The fraction of sp³-hybridized carbons (Fsp3) is 0.370. The molecule has 4 aliphatic heterocycles. The highest BCUT2D eigenvalue weighted by atomic mass is 35.5. The number of carbonyl (C=O) groups excluding carboxylic acids is 3. The number of amides is 2. The van der Waals surface area contributed by atoms with E-state index >= 15 is 0 Å². The standard InChI is InChI=1S/C27H25ClN2O4/c1-15-13-21-22-23(27(33)29(26(22)32)14-18-5-4-12-34-18)24(25(31)16-8-10-17(28)11-9-16)30(21)20-7-3-2-6-19(15)20/h2-3,6-11,13,18,21-24H,4-5,12,14H2,1H3/t18-,21+,22+,23-,24-/m0/s1. The molecule has 3 saturated heterocycles. The van der Waals surface area contributed by atoms with Crippen molar-refractivity contribution < 1.29 is 19.1 Å². The molecule has 0 radical (unpaired) electrons. The van der Waals surface area contributed by atoms with Gasteiger partial charge in [0.1, 0.15) is 6.04 Å². The number of imide groups is 1. The number of carbonyl (C=O) groups is 3. The minimum Gasteiger partial charge on any atom is -0.376 e. The van der Waals surface area contributed by atoms with Gasteiger partial charge in [0.25, 0.3) is 0 Å². The predicted molar refractivity (Wildman–Crippen MR) is 129 cm³/mol. The molecule has 0 saturated carbocycles. The summed E-state index contributed by atoms with van der Waals surface area (Å²) in [5.74, 6) is -1.97. The van der Waals surface area contributed by atoms with Crippen LogP contribution in [0, 0.1) is 11.8 Å². The number of ether oxygens (including phenoxy) is 1. The summed E-state index contributed by atoms with van der Waals surface area (Å²) in [4.78, 5) is 44.7. The third-order valence-electron chi connectivity index (χ3n) is 7.65. The van der Waals surface area contributed by atoms with Gasteiger partial charge in [-0.1, -0.05) is 35.9 Å². The van der Waals surface area contributed by atoms with Crippen LogP contribution >= 0.6 is 11.6 Å². The van der Waals surface area contributed by atoms with Crippen molar-refractivity contribution in [2.24, 2.45) is 11.8 Å². The second kappa shape index (κ2) is 8.07. The molecule has 174 valence electrons. The Morgan fingerprint density at radius 2 is 1.79 bits per heavy atom. The van der Waals surface area contributed by atoms with Crippen molar-refractivity contribution in [1.29, 1.82) is 0 Å². The maximum atomic E-state index is 13.9. The molecule has 0 unspecified atom stereocenters. The van der Waals surface area contributed by atoms with Crippen LogP contribution in [-0.2, 0) is 14.3 Å². The Hall–Kier alpha value is -2.96. The first-order chi connectivity index (χ1) is 16.5. The van der Waals surface area contributed by atoms with E-state index in [1.165, 1.54) is 4.90 Å². The minimum atomic E-state index is -0.771. The van der Waals surface area contributed by atoms with Crippen LogP contribution in [0.5, 0.6) is 0 Å². The summed E-state index contributed by atoms with van der Waals surface area (Å²) in [7, 11) is 0. The quantitative estimate of drug-likeness (QED) is 0.493. The molecule has 6 nitrogen and oxygen atoms in total. The third kappa shape index (κ3) is 3.16. The Kier molecular flexibility index (Phi) is 5.12. The number of likely N-dealkylation sites (tertiary alicyclic amines) is 1. The lowest BCUT2D eigenvalue weighted by Crippen LogP contribution is -2.49. The van der Waals surface area contributed by atoms with Gasteiger partial charge in [-0.3, -0.25) is 19.3 Å². The van der Waals surface area contributed by atoms with E-state index < -0.39 is 17.9 Å². The van der Waals surface area contributed by atoms with Gasteiger partial charge in [0.15, 0.2) is 5.78 Å². The summed E-state index contributed by atoms with van der Waals surface area (Å²) in [5, 5.41) is 0.537. The van der Waals surface area contributed by atoms with Crippen molar-refractivity contribution in [2.75, 3.05) is 18.1 Å². The molecular weight excluding hydrogens is 452 g/mol. The molecule has 0 aliphatic carbocycles. The number of rotatable bonds is 4. The predicted octanol–water partition coefficient (Wildman–Crippen LogP) is 3.98. The molecule has 3 fully saturated rings. The first-order valence-electron chi connectivity index (χ1n) is 11.8. The van der Waals surface area contributed by atoms with E-state index in [2.05, 4.69) is 6.08 Å². The molecule has 0 aromatic heterocycles. The Morgan fingerprint density at radius 3 is 2.53 bits per heavy atom. The Labute approximate surface area is 203 Å².